The predicted octanol–water partition coefficient (Wildman–Crippen LogP) is 3.12. The summed E-state index contributed by atoms with van der Waals surface area (Å²) in [6.45, 7) is 4.00. The van der Waals surface area contributed by atoms with Crippen molar-refractivity contribution in [1.29, 1.82) is 0 Å². The molecule has 1 aliphatic carbocycles. The Morgan fingerprint density at radius 2 is 2.10 bits per heavy atom. The van der Waals surface area contributed by atoms with Gasteiger partial charge in [0.1, 0.15) is 0 Å². The van der Waals surface area contributed by atoms with Gasteiger partial charge in [-0.1, -0.05) is 18.2 Å². The Hall–Kier alpha value is -2.16. The first kappa shape index (κ1) is 12.9. The molecule has 0 radical (unpaired) electrons. The summed E-state index contributed by atoms with van der Waals surface area (Å²) in [5, 5.41) is 3.14. The van der Waals surface area contributed by atoms with Crippen LogP contribution in [-0.4, -0.2) is 10.9 Å². The lowest BCUT2D eigenvalue weighted by Crippen LogP contribution is -2.27. The number of nitrogens with one attached hydrogen (secondary N) is 1. The van der Waals surface area contributed by atoms with Crippen LogP contribution >= 0.6 is 0 Å². The third-order valence-electron chi connectivity index (χ3n) is 4.06. The number of aromatic nitrogens is 1. The van der Waals surface area contributed by atoms with E-state index in [-0.39, 0.29) is 11.9 Å². The van der Waals surface area contributed by atoms with Crippen molar-refractivity contribution in [2.45, 2.75) is 32.7 Å². The smallest absolute Gasteiger partial charge is 0.253 e. The number of hydrogen-bond acceptors (Lipinski definition) is 2. The van der Waals surface area contributed by atoms with E-state index < -0.39 is 0 Å². The summed E-state index contributed by atoms with van der Waals surface area (Å²) in [7, 11) is 0. The molecule has 1 amide bonds. The summed E-state index contributed by atoms with van der Waals surface area (Å²) in [6.07, 6.45) is 3.73. The largest absolute Gasteiger partial charge is 0.345 e. The Bertz CT molecular complexity index is 664. The third-order valence-corrected chi connectivity index (χ3v) is 4.06. The van der Waals surface area contributed by atoms with E-state index in [0.717, 1.165) is 18.5 Å². The van der Waals surface area contributed by atoms with Gasteiger partial charge in [0.2, 0.25) is 0 Å². The van der Waals surface area contributed by atoms with E-state index in [4.69, 9.17) is 0 Å². The normalized spacial score (nSPS) is 16.8. The highest BCUT2D eigenvalue weighted by molar-refractivity contribution is 5.95. The molecule has 0 bridgehead atoms. The molecule has 0 saturated heterocycles. The van der Waals surface area contributed by atoms with Crippen molar-refractivity contribution in [3.63, 3.8) is 0 Å². The minimum atomic E-state index is -0.0324. The highest BCUT2D eigenvalue weighted by Crippen LogP contribution is 2.33. The summed E-state index contributed by atoms with van der Waals surface area (Å²) in [4.78, 5) is 16.5. The molecule has 1 aliphatic rings. The molecule has 0 spiro atoms. The van der Waals surface area contributed by atoms with Crippen molar-refractivity contribution in [3.05, 3.63) is 64.5 Å². The van der Waals surface area contributed by atoms with E-state index in [1.807, 2.05) is 13.0 Å². The molecule has 0 saturated carbocycles. The predicted molar refractivity (Wildman–Crippen MR) is 78.7 cm³/mol. The quantitative estimate of drug-likeness (QED) is 0.907. The van der Waals surface area contributed by atoms with Crippen LogP contribution in [0.25, 0.3) is 0 Å². The molecule has 0 fully saturated rings. The molecule has 2 aromatic rings. The Morgan fingerprint density at radius 3 is 2.90 bits per heavy atom. The Morgan fingerprint density at radius 1 is 1.25 bits per heavy atom. The van der Waals surface area contributed by atoms with E-state index in [9.17, 15) is 4.79 Å². The topological polar surface area (TPSA) is 42.0 Å². The maximum Gasteiger partial charge on any atom is 0.253 e. The van der Waals surface area contributed by atoms with Gasteiger partial charge in [-0.3, -0.25) is 9.78 Å². The number of benzene rings is 1. The average Bonchev–Trinajstić information content (AvgIpc) is 2.84. The van der Waals surface area contributed by atoms with Crippen molar-refractivity contribution >= 4 is 5.91 Å². The van der Waals surface area contributed by atoms with Crippen LogP contribution in [0, 0.1) is 13.8 Å². The fourth-order valence-electron chi connectivity index (χ4n) is 2.95. The highest BCUT2D eigenvalue weighted by atomic mass is 16.1. The number of carbonyl (C=O) groups excluding carboxylic acids is 1. The average molecular weight is 266 g/mol. The van der Waals surface area contributed by atoms with Gasteiger partial charge >= 0.3 is 0 Å². The minimum Gasteiger partial charge on any atom is -0.345 e. The van der Waals surface area contributed by atoms with Crippen molar-refractivity contribution in [2.24, 2.45) is 0 Å². The second-order valence-electron chi connectivity index (χ2n) is 5.34. The molecule has 1 atom stereocenters. The maximum atomic E-state index is 12.4. The van der Waals surface area contributed by atoms with Crippen molar-refractivity contribution in [2.75, 3.05) is 0 Å². The first-order valence-electron chi connectivity index (χ1n) is 6.97. The second kappa shape index (κ2) is 5.08. The fraction of sp³-hybridized carbons (Fsp3) is 0.294. The zero-order valence-electron chi connectivity index (χ0n) is 11.8. The molecular weight excluding hydrogens is 248 g/mol. The van der Waals surface area contributed by atoms with Gasteiger partial charge in [0.25, 0.3) is 5.91 Å². The summed E-state index contributed by atoms with van der Waals surface area (Å²) in [6, 6.07) is 10.1. The van der Waals surface area contributed by atoms with Gasteiger partial charge in [-0.25, -0.2) is 0 Å². The standard InChI is InChI=1S/C17H18N2O/c1-11-5-3-6-15-13(11)8-9-16(15)19-17(20)14-7-4-10-18-12(14)2/h3-7,10,16H,8-9H2,1-2H3,(H,19,20)/t16-/m1/s1. The number of carbonyl (C=O) groups is 1. The number of pyridine rings is 1. The van der Waals surface area contributed by atoms with Crippen LogP contribution in [0.15, 0.2) is 36.5 Å². The van der Waals surface area contributed by atoms with Crippen molar-refractivity contribution in [3.8, 4) is 0 Å². The van der Waals surface area contributed by atoms with Crippen LogP contribution in [0.1, 0.15) is 45.2 Å². The molecule has 1 heterocycles. The van der Waals surface area contributed by atoms with Gasteiger partial charge in [-0.05, 0) is 55.5 Å². The summed E-state index contributed by atoms with van der Waals surface area (Å²) >= 11 is 0. The molecule has 1 N–H and O–H groups in total. The monoisotopic (exact) mass is 266 g/mol. The first-order valence-corrected chi connectivity index (χ1v) is 6.97. The fourth-order valence-corrected chi connectivity index (χ4v) is 2.95. The second-order valence-corrected chi connectivity index (χ2v) is 5.34. The number of rotatable bonds is 2. The molecule has 3 rings (SSSR count). The van der Waals surface area contributed by atoms with Crippen LogP contribution in [-0.2, 0) is 6.42 Å². The molecular formula is C17H18N2O. The van der Waals surface area contributed by atoms with Crippen LogP contribution in [0.2, 0.25) is 0 Å². The number of hydrogen-bond donors (Lipinski definition) is 1. The van der Waals surface area contributed by atoms with E-state index in [0.29, 0.717) is 5.56 Å². The highest BCUT2D eigenvalue weighted by Gasteiger charge is 2.25. The van der Waals surface area contributed by atoms with Crippen LogP contribution < -0.4 is 5.32 Å². The number of amides is 1. The summed E-state index contributed by atoms with van der Waals surface area (Å²) in [5.41, 5.74) is 5.40. The SMILES string of the molecule is Cc1cccc2c1CC[C@H]2NC(=O)c1cccnc1C. The number of aryl methyl sites for hydroxylation is 2. The molecule has 3 heteroatoms. The summed E-state index contributed by atoms with van der Waals surface area (Å²) in [5.74, 6) is -0.0324. The number of nitrogens with zero attached hydrogens (tertiary/aromatic N) is 1. The van der Waals surface area contributed by atoms with Crippen LogP contribution in [0.4, 0.5) is 0 Å². The Kier molecular flexibility index (Phi) is 3.26. The van der Waals surface area contributed by atoms with Crippen molar-refractivity contribution < 1.29 is 4.79 Å². The molecule has 0 aliphatic heterocycles. The summed E-state index contributed by atoms with van der Waals surface area (Å²) < 4.78 is 0. The van der Waals surface area contributed by atoms with Crippen LogP contribution in [0.5, 0.6) is 0 Å². The molecule has 0 unspecified atom stereocenters. The Labute approximate surface area is 119 Å². The van der Waals surface area contributed by atoms with Gasteiger partial charge < -0.3 is 5.32 Å². The molecule has 102 valence electrons. The zero-order chi connectivity index (χ0) is 14.1. The molecule has 20 heavy (non-hydrogen) atoms. The van der Waals surface area contributed by atoms with E-state index in [1.165, 1.54) is 16.7 Å². The molecule has 3 nitrogen and oxygen atoms in total. The first-order chi connectivity index (χ1) is 9.66. The van der Waals surface area contributed by atoms with Gasteiger partial charge in [0, 0.05) is 11.9 Å². The van der Waals surface area contributed by atoms with Gasteiger partial charge in [0.05, 0.1) is 11.6 Å². The lowest BCUT2D eigenvalue weighted by atomic mass is 10.0. The van der Waals surface area contributed by atoms with E-state index >= 15 is 0 Å². The van der Waals surface area contributed by atoms with Crippen molar-refractivity contribution in [1.82, 2.24) is 10.3 Å². The van der Waals surface area contributed by atoms with E-state index in [1.54, 1.807) is 12.3 Å². The molecule has 1 aromatic heterocycles. The lowest BCUT2D eigenvalue weighted by molar-refractivity contribution is 0.0935. The van der Waals surface area contributed by atoms with Gasteiger partial charge in [-0.15, -0.1) is 0 Å². The lowest BCUT2D eigenvalue weighted by Gasteiger charge is -2.15. The third kappa shape index (κ3) is 2.20. The van der Waals surface area contributed by atoms with E-state index in [2.05, 4.69) is 35.4 Å². The van der Waals surface area contributed by atoms with Gasteiger partial charge in [-0.2, -0.15) is 0 Å². The Balaban J connectivity index is 1.83. The number of fused-ring (bicyclic) bond motifs is 1. The van der Waals surface area contributed by atoms with Gasteiger partial charge in [0.15, 0.2) is 0 Å². The minimum absolute atomic E-state index is 0.0324. The zero-order valence-corrected chi connectivity index (χ0v) is 11.8. The maximum absolute atomic E-state index is 12.4. The van der Waals surface area contributed by atoms with Crippen LogP contribution in [0.3, 0.4) is 0 Å². The molecule has 1 aromatic carbocycles.